The van der Waals surface area contributed by atoms with E-state index >= 15 is 0 Å². The maximum absolute atomic E-state index is 14.0. The highest BCUT2D eigenvalue weighted by Crippen LogP contribution is 2.33. The standard InChI is InChI=1S/C31H31N3O3S2/c35-31(28-22-26-14-7-8-15-27(26)23-34(28)39(36,37)29-16-9-21-38-29)33-19-17-32(18-20-33)30(24-10-3-1-4-11-24)25-12-5-2-6-13-25/h1-16,21,28,30H,17-20,22-23H2/t28-/m1/s1. The molecular formula is C31H31N3O3S2. The molecule has 2 aliphatic heterocycles. The van der Waals surface area contributed by atoms with Crippen molar-refractivity contribution in [2.75, 3.05) is 26.2 Å². The Bertz CT molecular complexity index is 1480. The summed E-state index contributed by atoms with van der Waals surface area (Å²) < 4.78 is 29.0. The molecule has 1 saturated heterocycles. The van der Waals surface area contributed by atoms with Crippen LogP contribution in [0.3, 0.4) is 0 Å². The summed E-state index contributed by atoms with van der Waals surface area (Å²) in [5, 5.41) is 1.76. The Morgan fingerprint density at radius 3 is 1.92 bits per heavy atom. The molecule has 3 aromatic carbocycles. The largest absolute Gasteiger partial charge is 0.339 e. The minimum absolute atomic E-state index is 0.0990. The number of hydrogen-bond acceptors (Lipinski definition) is 5. The third kappa shape index (κ3) is 5.17. The van der Waals surface area contributed by atoms with Gasteiger partial charge < -0.3 is 4.90 Å². The average molecular weight is 558 g/mol. The van der Waals surface area contributed by atoms with Crippen LogP contribution < -0.4 is 0 Å². The minimum atomic E-state index is -3.80. The van der Waals surface area contributed by atoms with E-state index in [1.165, 1.54) is 26.8 Å². The summed E-state index contributed by atoms with van der Waals surface area (Å²) in [4.78, 5) is 18.3. The number of thiophene rings is 1. The quantitative estimate of drug-likeness (QED) is 0.342. The lowest BCUT2D eigenvalue weighted by atomic mass is 9.94. The molecule has 0 N–H and O–H groups in total. The average Bonchev–Trinajstić information content (AvgIpc) is 3.54. The first-order valence-corrected chi connectivity index (χ1v) is 15.6. The molecule has 3 heterocycles. The second kappa shape index (κ2) is 11.1. The van der Waals surface area contributed by atoms with E-state index in [9.17, 15) is 13.2 Å². The number of rotatable bonds is 6. The molecule has 1 amide bonds. The molecule has 0 spiro atoms. The van der Waals surface area contributed by atoms with E-state index in [-0.39, 0.29) is 22.7 Å². The van der Waals surface area contributed by atoms with Crippen LogP contribution in [-0.4, -0.2) is 60.7 Å². The molecular weight excluding hydrogens is 526 g/mol. The van der Waals surface area contributed by atoms with Gasteiger partial charge in [0.2, 0.25) is 5.91 Å². The second-order valence-electron chi connectivity index (χ2n) is 10.1. The number of carbonyl (C=O) groups is 1. The summed E-state index contributed by atoms with van der Waals surface area (Å²) in [6, 6.07) is 31.5. The Morgan fingerprint density at radius 1 is 0.744 bits per heavy atom. The van der Waals surface area contributed by atoms with Crippen molar-refractivity contribution in [1.29, 1.82) is 0 Å². The smallest absolute Gasteiger partial charge is 0.253 e. The van der Waals surface area contributed by atoms with Crippen LogP contribution in [-0.2, 0) is 27.8 Å². The van der Waals surface area contributed by atoms with E-state index in [0.29, 0.717) is 32.6 Å². The minimum Gasteiger partial charge on any atom is -0.339 e. The number of sulfonamides is 1. The van der Waals surface area contributed by atoms with Crippen LogP contribution >= 0.6 is 11.3 Å². The summed E-state index contributed by atoms with van der Waals surface area (Å²) in [5.74, 6) is -0.111. The molecule has 1 fully saturated rings. The molecule has 0 radical (unpaired) electrons. The first-order valence-electron chi connectivity index (χ1n) is 13.3. The monoisotopic (exact) mass is 557 g/mol. The number of benzene rings is 3. The zero-order valence-corrected chi connectivity index (χ0v) is 23.2. The van der Waals surface area contributed by atoms with Gasteiger partial charge in [-0.15, -0.1) is 11.3 Å². The Morgan fingerprint density at radius 2 is 1.33 bits per heavy atom. The van der Waals surface area contributed by atoms with Crippen molar-refractivity contribution in [2.45, 2.75) is 29.3 Å². The van der Waals surface area contributed by atoms with Gasteiger partial charge in [0.1, 0.15) is 10.3 Å². The maximum Gasteiger partial charge on any atom is 0.253 e. The highest BCUT2D eigenvalue weighted by molar-refractivity contribution is 7.91. The molecule has 8 heteroatoms. The first-order chi connectivity index (χ1) is 19.0. The van der Waals surface area contributed by atoms with Crippen LogP contribution in [0.5, 0.6) is 0 Å². The fourth-order valence-corrected chi connectivity index (χ4v) is 8.46. The van der Waals surface area contributed by atoms with E-state index in [1.807, 2.05) is 41.3 Å². The molecule has 0 aliphatic carbocycles. The van der Waals surface area contributed by atoms with Gasteiger partial charge in [-0.05, 0) is 40.1 Å². The third-order valence-corrected chi connectivity index (χ3v) is 11.0. The molecule has 4 aromatic rings. The van der Waals surface area contributed by atoms with Crippen molar-refractivity contribution >= 4 is 27.3 Å². The second-order valence-corrected chi connectivity index (χ2v) is 13.1. The number of nitrogens with zero attached hydrogens (tertiary/aromatic N) is 3. The van der Waals surface area contributed by atoms with Crippen molar-refractivity contribution < 1.29 is 13.2 Å². The highest BCUT2D eigenvalue weighted by Gasteiger charge is 2.42. The van der Waals surface area contributed by atoms with Crippen molar-refractivity contribution in [3.8, 4) is 0 Å². The van der Waals surface area contributed by atoms with Gasteiger partial charge in [-0.25, -0.2) is 8.42 Å². The van der Waals surface area contributed by atoms with Crippen LogP contribution in [0, 0.1) is 0 Å². The van der Waals surface area contributed by atoms with Gasteiger partial charge in [0.15, 0.2) is 0 Å². The number of fused-ring (bicyclic) bond motifs is 1. The molecule has 0 saturated carbocycles. The Labute approximate surface area is 234 Å². The Hall–Kier alpha value is -3.30. The van der Waals surface area contributed by atoms with Gasteiger partial charge in [-0.2, -0.15) is 4.31 Å². The third-order valence-electron chi connectivity index (χ3n) is 7.77. The zero-order valence-electron chi connectivity index (χ0n) is 21.6. The van der Waals surface area contributed by atoms with E-state index in [4.69, 9.17) is 0 Å². The fourth-order valence-electron chi connectivity index (χ4n) is 5.78. The number of amides is 1. The van der Waals surface area contributed by atoms with Crippen LogP contribution in [0.1, 0.15) is 28.3 Å². The normalized spacial score (nSPS) is 18.7. The molecule has 39 heavy (non-hydrogen) atoms. The molecule has 200 valence electrons. The van der Waals surface area contributed by atoms with E-state index in [1.54, 1.807) is 17.5 Å². The molecule has 6 rings (SSSR count). The van der Waals surface area contributed by atoms with Crippen LogP contribution in [0.15, 0.2) is 107 Å². The molecule has 1 aromatic heterocycles. The lowest BCUT2D eigenvalue weighted by molar-refractivity contribution is -0.137. The first kappa shape index (κ1) is 26.0. The molecule has 0 bridgehead atoms. The predicted molar refractivity (Wildman–Crippen MR) is 154 cm³/mol. The molecule has 6 nitrogen and oxygen atoms in total. The lowest BCUT2D eigenvalue weighted by Crippen LogP contribution is -2.57. The van der Waals surface area contributed by atoms with Gasteiger partial charge >= 0.3 is 0 Å². The fraction of sp³-hybridized carbons (Fsp3) is 0.258. The van der Waals surface area contributed by atoms with Gasteiger partial charge in [0.05, 0.1) is 6.04 Å². The van der Waals surface area contributed by atoms with Crippen LogP contribution in [0.2, 0.25) is 0 Å². The van der Waals surface area contributed by atoms with Gasteiger partial charge in [0.25, 0.3) is 10.0 Å². The summed E-state index contributed by atoms with van der Waals surface area (Å²) in [7, 11) is -3.80. The lowest BCUT2D eigenvalue weighted by Gasteiger charge is -2.42. The molecule has 0 unspecified atom stereocenters. The van der Waals surface area contributed by atoms with E-state index in [0.717, 1.165) is 11.1 Å². The maximum atomic E-state index is 14.0. The van der Waals surface area contributed by atoms with Crippen molar-refractivity contribution in [2.24, 2.45) is 0 Å². The van der Waals surface area contributed by atoms with Crippen molar-refractivity contribution in [1.82, 2.24) is 14.1 Å². The Kier molecular flexibility index (Phi) is 7.36. The van der Waals surface area contributed by atoms with E-state index in [2.05, 4.69) is 53.4 Å². The van der Waals surface area contributed by atoms with Crippen molar-refractivity contribution in [3.63, 3.8) is 0 Å². The van der Waals surface area contributed by atoms with E-state index < -0.39 is 16.1 Å². The molecule has 2 aliphatic rings. The summed E-state index contributed by atoms with van der Waals surface area (Å²) in [5.41, 5.74) is 4.45. The molecule has 1 atom stereocenters. The van der Waals surface area contributed by atoms with Crippen LogP contribution in [0.4, 0.5) is 0 Å². The highest BCUT2D eigenvalue weighted by atomic mass is 32.2. The van der Waals surface area contributed by atoms with Crippen LogP contribution in [0.25, 0.3) is 0 Å². The number of hydrogen-bond donors (Lipinski definition) is 0. The summed E-state index contributed by atoms with van der Waals surface area (Å²) in [6.07, 6.45) is 0.385. The number of piperazine rings is 1. The van der Waals surface area contributed by atoms with Gasteiger partial charge in [0, 0.05) is 32.7 Å². The SMILES string of the molecule is O=C([C@H]1Cc2ccccc2CN1S(=O)(=O)c1cccs1)N1CCN(C(c2ccccc2)c2ccccc2)CC1. The summed E-state index contributed by atoms with van der Waals surface area (Å²) >= 11 is 1.19. The predicted octanol–water partition coefficient (Wildman–Crippen LogP) is 4.80. The van der Waals surface area contributed by atoms with Gasteiger partial charge in [-0.3, -0.25) is 9.69 Å². The van der Waals surface area contributed by atoms with Crippen molar-refractivity contribution in [3.05, 3.63) is 125 Å². The number of carbonyl (C=O) groups excluding carboxylic acids is 1. The Balaban J connectivity index is 1.24. The van der Waals surface area contributed by atoms with Gasteiger partial charge in [-0.1, -0.05) is 91.0 Å². The topological polar surface area (TPSA) is 60.9 Å². The summed E-state index contributed by atoms with van der Waals surface area (Å²) in [6.45, 7) is 2.74. The zero-order chi connectivity index (χ0) is 26.8.